The maximum Gasteiger partial charge on any atom is 0.0582 e. The van der Waals surface area contributed by atoms with Crippen LogP contribution in [0.3, 0.4) is 0 Å². The molecule has 0 saturated heterocycles. The molecule has 0 saturated carbocycles. The summed E-state index contributed by atoms with van der Waals surface area (Å²) < 4.78 is 0. The molecule has 0 bridgehead atoms. The maximum absolute atomic E-state index is 8.75. The molecule has 0 aromatic heterocycles. The second-order valence-electron chi connectivity index (χ2n) is 4.29. The van der Waals surface area contributed by atoms with E-state index in [9.17, 15) is 0 Å². The molecule has 0 rings (SSSR count). The summed E-state index contributed by atoms with van der Waals surface area (Å²) in [5.74, 6) is 0.611. The molecular weight excluding hydrogens is 138 g/mol. The first-order valence-electron chi connectivity index (χ1n) is 4.26. The van der Waals surface area contributed by atoms with Crippen LogP contribution in [0.25, 0.3) is 0 Å². The average molecular weight is 159 g/mol. The number of aliphatic hydroxyl groups is 1. The second-order valence-corrected chi connectivity index (χ2v) is 4.29. The van der Waals surface area contributed by atoms with Crippen LogP contribution in [-0.2, 0) is 0 Å². The van der Waals surface area contributed by atoms with Crippen molar-refractivity contribution in [2.45, 2.75) is 40.2 Å². The van der Waals surface area contributed by atoms with E-state index >= 15 is 0 Å². The van der Waals surface area contributed by atoms with E-state index in [-0.39, 0.29) is 18.1 Å². The average Bonchev–Trinajstić information content (AvgIpc) is 1.86. The van der Waals surface area contributed by atoms with Gasteiger partial charge in [0.1, 0.15) is 0 Å². The van der Waals surface area contributed by atoms with E-state index in [2.05, 4.69) is 27.7 Å². The van der Waals surface area contributed by atoms with Gasteiger partial charge < -0.3 is 10.8 Å². The zero-order chi connectivity index (χ0) is 9.07. The number of rotatable bonds is 4. The van der Waals surface area contributed by atoms with Gasteiger partial charge in [-0.1, -0.05) is 27.7 Å². The first-order valence-corrected chi connectivity index (χ1v) is 4.26. The molecule has 0 fully saturated rings. The topological polar surface area (TPSA) is 46.2 Å². The molecule has 0 heterocycles. The minimum absolute atomic E-state index is 0.0626. The summed E-state index contributed by atoms with van der Waals surface area (Å²) in [5, 5.41) is 8.75. The van der Waals surface area contributed by atoms with Gasteiger partial charge in [-0.05, 0) is 17.8 Å². The van der Waals surface area contributed by atoms with Crippen molar-refractivity contribution in [2.24, 2.45) is 17.1 Å². The lowest BCUT2D eigenvalue weighted by atomic mass is 9.76. The molecule has 2 nitrogen and oxygen atoms in total. The molecule has 0 aliphatic rings. The zero-order valence-corrected chi connectivity index (χ0v) is 8.09. The normalized spacial score (nSPS) is 15.5. The van der Waals surface area contributed by atoms with Gasteiger partial charge >= 0.3 is 0 Å². The Morgan fingerprint density at radius 3 is 2.09 bits per heavy atom. The molecule has 0 amide bonds. The Labute approximate surface area is 69.8 Å². The summed E-state index contributed by atoms with van der Waals surface area (Å²) in [4.78, 5) is 0. The number of aliphatic hydroxyl groups excluding tert-OH is 1. The fourth-order valence-corrected chi connectivity index (χ4v) is 0.976. The van der Waals surface area contributed by atoms with Crippen LogP contribution in [0.15, 0.2) is 0 Å². The Kier molecular flexibility index (Phi) is 4.04. The Balaban J connectivity index is 3.90. The van der Waals surface area contributed by atoms with E-state index in [4.69, 9.17) is 10.8 Å². The van der Waals surface area contributed by atoms with Crippen molar-refractivity contribution in [1.29, 1.82) is 0 Å². The molecule has 0 aliphatic heterocycles. The van der Waals surface area contributed by atoms with Crippen molar-refractivity contribution >= 4 is 0 Å². The smallest absolute Gasteiger partial charge is 0.0582 e. The molecule has 1 atom stereocenters. The molecule has 0 aromatic carbocycles. The van der Waals surface area contributed by atoms with Crippen LogP contribution >= 0.6 is 0 Å². The van der Waals surface area contributed by atoms with Gasteiger partial charge in [0.15, 0.2) is 0 Å². The minimum Gasteiger partial charge on any atom is -0.395 e. The Morgan fingerprint density at radius 2 is 1.82 bits per heavy atom. The van der Waals surface area contributed by atoms with Crippen LogP contribution in [0, 0.1) is 11.3 Å². The predicted octanol–water partition coefficient (Wildman–Crippen LogP) is 1.38. The first-order chi connectivity index (χ1) is 4.90. The molecule has 2 heteroatoms. The molecule has 3 N–H and O–H groups in total. The van der Waals surface area contributed by atoms with Crippen LogP contribution in [0.5, 0.6) is 0 Å². The van der Waals surface area contributed by atoms with Gasteiger partial charge in [-0.15, -0.1) is 0 Å². The second kappa shape index (κ2) is 4.07. The third-order valence-corrected chi connectivity index (χ3v) is 2.59. The minimum atomic E-state index is -0.0626. The van der Waals surface area contributed by atoms with Crippen molar-refractivity contribution in [3.63, 3.8) is 0 Å². The first kappa shape index (κ1) is 10.9. The summed E-state index contributed by atoms with van der Waals surface area (Å²) in [5.41, 5.74) is 5.89. The van der Waals surface area contributed by atoms with E-state index in [0.29, 0.717) is 5.92 Å². The van der Waals surface area contributed by atoms with Gasteiger partial charge in [0.2, 0.25) is 0 Å². The number of hydrogen-bond donors (Lipinski definition) is 2. The highest BCUT2D eigenvalue weighted by molar-refractivity contribution is 4.77. The monoisotopic (exact) mass is 159 g/mol. The van der Waals surface area contributed by atoms with Gasteiger partial charge in [0.25, 0.3) is 0 Å². The lowest BCUT2D eigenvalue weighted by molar-refractivity contribution is 0.172. The molecule has 0 aliphatic carbocycles. The van der Waals surface area contributed by atoms with Crippen LogP contribution in [0.1, 0.15) is 34.1 Å². The fourth-order valence-electron chi connectivity index (χ4n) is 0.976. The largest absolute Gasteiger partial charge is 0.395 e. The SMILES string of the molecule is CC(C)C(C)(C)CC(N)CO. The summed E-state index contributed by atoms with van der Waals surface area (Å²) >= 11 is 0. The van der Waals surface area contributed by atoms with Crippen molar-refractivity contribution < 1.29 is 5.11 Å². The fraction of sp³-hybridized carbons (Fsp3) is 1.00. The Bertz CT molecular complexity index is 110. The highest BCUT2D eigenvalue weighted by Crippen LogP contribution is 2.30. The van der Waals surface area contributed by atoms with Gasteiger partial charge in [-0.25, -0.2) is 0 Å². The molecule has 0 aromatic rings. The molecule has 0 radical (unpaired) electrons. The van der Waals surface area contributed by atoms with E-state index in [1.807, 2.05) is 0 Å². The maximum atomic E-state index is 8.75. The van der Waals surface area contributed by atoms with Crippen LogP contribution in [0.2, 0.25) is 0 Å². The van der Waals surface area contributed by atoms with Crippen molar-refractivity contribution in [2.75, 3.05) is 6.61 Å². The highest BCUT2D eigenvalue weighted by Gasteiger charge is 2.24. The molecule has 1 unspecified atom stereocenters. The zero-order valence-electron chi connectivity index (χ0n) is 8.09. The highest BCUT2D eigenvalue weighted by atomic mass is 16.3. The summed E-state index contributed by atoms with van der Waals surface area (Å²) in [6.45, 7) is 8.84. The van der Waals surface area contributed by atoms with Gasteiger partial charge in [0.05, 0.1) is 6.61 Å². The molecule has 68 valence electrons. The third kappa shape index (κ3) is 3.73. The van der Waals surface area contributed by atoms with E-state index in [1.165, 1.54) is 0 Å². The third-order valence-electron chi connectivity index (χ3n) is 2.59. The van der Waals surface area contributed by atoms with E-state index in [0.717, 1.165) is 6.42 Å². The number of nitrogens with two attached hydrogens (primary N) is 1. The molecule has 0 spiro atoms. The van der Waals surface area contributed by atoms with Gasteiger partial charge in [-0.2, -0.15) is 0 Å². The van der Waals surface area contributed by atoms with E-state index < -0.39 is 0 Å². The molecule has 11 heavy (non-hydrogen) atoms. The lowest BCUT2D eigenvalue weighted by Crippen LogP contribution is -2.33. The number of hydrogen-bond acceptors (Lipinski definition) is 2. The summed E-state index contributed by atoms with van der Waals surface area (Å²) in [6.07, 6.45) is 0.890. The quantitative estimate of drug-likeness (QED) is 0.651. The van der Waals surface area contributed by atoms with Crippen LogP contribution in [-0.4, -0.2) is 17.8 Å². The van der Waals surface area contributed by atoms with E-state index in [1.54, 1.807) is 0 Å². The van der Waals surface area contributed by atoms with Crippen molar-refractivity contribution in [3.05, 3.63) is 0 Å². The standard InChI is InChI=1S/C9H21NO/c1-7(2)9(3,4)5-8(10)6-11/h7-8,11H,5-6,10H2,1-4H3. The van der Waals surface area contributed by atoms with Gasteiger partial charge in [0, 0.05) is 6.04 Å². The Hall–Kier alpha value is -0.0800. The lowest BCUT2D eigenvalue weighted by Gasteiger charge is -2.31. The van der Waals surface area contributed by atoms with Crippen LogP contribution < -0.4 is 5.73 Å². The summed E-state index contributed by atoms with van der Waals surface area (Å²) in [6, 6.07) is -0.0626. The summed E-state index contributed by atoms with van der Waals surface area (Å²) in [7, 11) is 0. The molecular formula is C9H21NO. The van der Waals surface area contributed by atoms with Crippen LogP contribution in [0.4, 0.5) is 0 Å². The van der Waals surface area contributed by atoms with Gasteiger partial charge in [-0.3, -0.25) is 0 Å². The predicted molar refractivity (Wildman–Crippen MR) is 48.3 cm³/mol. The van der Waals surface area contributed by atoms with Crippen molar-refractivity contribution in [3.8, 4) is 0 Å². The Morgan fingerprint density at radius 1 is 1.36 bits per heavy atom. The van der Waals surface area contributed by atoms with Crippen molar-refractivity contribution in [1.82, 2.24) is 0 Å².